The Kier molecular flexibility index (Phi) is 6.95. The lowest BCUT2D eigenvalue weighted by Crippen LogP contribution is -2.53. The van der Waals surface area contributed by atoms with E-state index in [0.29, 0.717) is 39.0 Å². The SMILES string of the molecule is Cn1c(=O)n2n(c1=O)[C@@H]1C[C@H]3C(=O)N(Nc4ncc(C(F)(F)F)cc4Cl)C(=O)[C@@]3(c3ccc(Cl)cc3)[C@@H](c3ccc(O)cc3)C1=CC2. The summed E-state index contributed by atoms with van der Waals surface area (Å²) in [6.45, 7) is 0.00583. The molecule has 242 valence electrons. The molecule has 2 aliphatic heterocycles. The third kappa shape index (κ3) is 4.45. The van der Waals surface area contributed by atoms with Crippen molar-refractivity contribution in [1.82, 2.24) is 23.9 Å². The fourth-order valence-electron chi connectivity index (χ4n) is 7.20. The number of hydrogen-bond donors (Lipinski definition) is 2. The molecule has 1 saturated heterocycles. The Bertz CT molecular complexity index is 2120. The number of imide groups is 1. The smallest absolute Gasteiger partial charge is 0.417 e. The molecule has 4 atom stereocenters. The number of allylic oxidation sites excluding steroid dienone is 2. The minimum atomic E-state index is -4.74. The van der Waals surface area contributed by atoms with E-state index in [9.17, 15) is 37.5 Å². The fraction of sp³-hybridized carbons (Fsp3) is 0.258. The van der Waals surface area contributed by atoms with E-state index in [-0.39, 0.29) is 24.5 Å². The van der Waals surface area contributed by atoms with Gasteiger partial charge in [0.25, 0.3) is 11.8 Å². The van der Waals surface area contributed by atoms with Gasteiger partial charge in [0.1, 0.15) is 5.75 Å². The number of hydrogen-bond acceptors (Lipinski definition) is 7. The number of aromatic hydroxyl groups is 1. The molecular formula is C31H23Cl2F3N6O5. The van der Waals surface area contributed by atoms with Crippen LogP contribution in [0.15, 0.2) is 82.0 Å². The maximum absolute atomic E-state index is 14.9. The van der Waals surface area contributed by atoms with E-state index >= 15 is 0 Å². The number of carbonyl (C=O) groups is 2. The lowest BCUT2D eigenvalue weighted by molar-refractivity contribution is -0.139. The van der Waals surface area contributed by atoms with Gasteiger partial charge in [-0.3, -0.25) is 15.0 Å². The Morgan fingerprint density at radius 3 is 2.32 bits per heavy atom. The minimum absolute atomic E-state index is 0.00583. The third-order valence-corrected chi connectivity index (χ3v) is 9.78. The van der Waals surface area contributed by atoms with Gasteiger partial charge in [-0.1, -0.05) is 53.5 Å². The summed E-state index contributed by atoms with van der Waals surface area (Å²) in [7, 11) is 1.34. The topological polar surface area (TPSA) is 131 Å². The van der Waals surface area contributed by atoms with Crippen LogP contribution in [0.1, 0.15) is 35.1 Å². The zero-order valence-corrected chi connectivity index (χ0v) is 25.7. The normalized spacial score (nSPS) is 23.7. The first kappa shape index (κ1) is 30.8. The van der Waals surface area contributed by atoms with Gasteiger partial charge < -0.3 is 5.11 Å². The van der Waals surface area contributed by atoms with Crippen LogP contribution in [0.2, 0.25) is 10.0 Å². The monoisotopic (exact) mass is 686 g/mol. The highest BCUT2D eigenvalue weighted by Gasteiger charge is 2.68. The van der Waals surface area contributed by atoms with Crippen LogP contribution in [0.5, 0.6) is 5.75 Å². The van der Waals surface area contributed by atoms with E-state index in [1.807, 2.05) is 0 Å². The number of fused-ring (bicyclic) bond motifs is 4. The second-order valence-corrected chi connectivity index (χ2v) is 12.4. The highest BCUT2D eigenvalue weighted by Crippen LogP contribution is 2.62. The summed E-state index contributed by atoms with van der Waals surface area (Å²) in [4.78, 5) is 59.5. The molecular weight excluding hydrogens is 664 g/mol. The molecule has 4 aromatic rings. The fourth-order valence-corrected chi connectivity index (χ4v) is 7.53. The van der Waals surface area contributed by atoms with E-state index < -0.39 is 63.2 Å². The molecule has 7 rings (SSSR count). The Morgan fingerprint density at radius 2 is 1.68 bits per heavy atom. The molecule has 1 aliphatic carbocycles. The summed E-state index contributed by atoms with van der Waals surface area (Å²) in [5.41, 5.74) is 0.102. The molecule has 4 heterocycles. The van der Waals surface area contributed by atoms with Gasteiger partial charge in [-0.2, -0.15) is 18.2 Å². The number of amides is 2. The molecule has 2 aromatic carbocycles. The molecule has 16 heteroatoms. The lowest BCUT2D eigenvalue weighted by atomic mass is 9.53. The molecule has 0 spiro atoms. The van der Waals surface area contributed by atoms with Gasteiger partial charge in [-0.05, 0) is 53.5 Å². The molecule has 0 unspecified atom stereocenters. The van der Waals surface area contributed by atoms with Crippen molar-refractivity contribution >= 4 is 40.8 Å². The molecule has 0 bridgehead atoms. The Hall–Kier alpha value is -4.82. The number of rotatable bonds is 4. The molecule has 47 heavy (non-hydrogen) atoms. The molecule has 2 amide bonds. The number of aromatic nitrogens is 4. The number of benzene rings is 2. The number of phenolic OH excluding ortho intramolecular Hbond substituents is 1. The second kappa shape index (κ2) is 10.6. The van der Waals surface area contributed by atoms with Crippen LogP contribution in [-0.4, -0.2) is 40.8 Å². The number of hydrazine groups is 1. The molecule has 2 fully saturated rings. The average molecular weight is 687 g/mol. The maximum atomic E-state index is 14.9. The first-order chi connectivity index (χ1) is 22.2. The molecule has 2 N–H and O–H groups in total. The van der Waals surface area contributed by atoms with E-state index in [4.69, 9.17) is 23.2 Å². The Morgan fingerprint density at radius 1 is 1.00 bits per heavy atom. The lowest BCUT2D eigenvalue weighted by Gasteiger charge is -2.49. The van der Waals surface area contributed by atoms with Crippen molar-refractivity contribution in [2.75, 3.05) is 5.43 Å². The van der Waals surface area contributed by atoms with Gasteiger partial charge in [-0.15, -0.1) is 0 Å². The Labute approximate surface area is 273 Å². The van der Waals surface area contributed by atoms with Crippen molar-refractivity contribution < 1.29 is 27.9 Å². The number of anilines is 1. The van der Waals surface area contributed by atoms with Gasteiger partial charge in [0, 0.05) is 24.2 Å². The van der Waals surface area contributed by atoms with Crippen LogP contribution in [0, 0.1) is 5.92 Å². The van der Waals surface area contributed by atoms with E-state index in [1.165, 1.54) is 28.5 Å². The van der Waals surface area contributed by atoms with Crippen molar-refractivity contribution in [2.45, 2.75) is 36.5 Å². The summed E-state index contributed by atoms with van der Waals surface area (Å²) in [6, 6.07) is 12.2. The summed E-state index contributed by atoms with van der Waals surface area (Å²) in [5, 5.41) is 10.7. The summed E-state index contributed by atoms with van der Waals surface area (Å²) < 4.78 is 43.5. The van der Waals surface area contributed by atoms with E-state index in [2.05, 4.69) is 10.4 Å². The number of nitrogens with zero attached hydrogens (tertiary/aromatic N) is 5. The predicted molar refractivity (Wildman–Crippen MR) is 163 cm³/mol. The van der Waals surface area contributed by atoms with Crippen LogP contribution >= 0.6 is 23.2 Å². The van der Waals surface area contributed by atoms with Crippen LogP contribution < -0.4 is 16.8 Å². The minimum Gasteiger partial charge on any atom is -0.508 e. The van der Waals surface area contributed by atoms with Crippen LogP contribution in [0.3, 0.4) is 0 Å². The van der Waals surface area contributed by atoms with Crippen molar-refractivity contribution in [2.24, 2.45) is 13.0 Å². The van der Waals surface area contributed by atoms with E-state index in [0.717, 1.165) is 4.57 Å². The second-order valence-electron chi connectivity index (χ2n) is 11.6. The van der Waals surface area contributed by atoms with Crippen molar-refractivity contribution in [3.05, 3.63) is 120 Å². The van der Waals surface area contributed by atoms with Crippen LogP contribution in [-0.2, 0) is 34.8 Å². The zero-order chi connectivity index (χ0) is 33.6. The van der Waals surface area contributed by atoms with Crippen molar-refractivity contribution in [3.8, 4) is 5.75 Å². The number of halogens is 5. The molecule has 11 nitrogen and oxygen atoms in total. The number of alkyl halides is 3. The standard InChI is InChI=1S/C31H23Cl2F3N6O5/c1-39-28(46)40-11-10-20-23(42(40)29(39)47)13-21-26(44)41(38-25-22(33)12-17(14-37-25)31(34,35)36)27(45)30(21,16-4-6-18(32)7-5-16)24(20)15-2-8-19(43)9-3-15/h2-10,12,14,21,23-24,43H,11,13H2,1H3,(H,37,38)/t21-,23+,24-,30+/m0/s1. The maximum Gasteiger partial charge on any atom is 0.417 e. The van der Waals surface area contributed by atoms with Gasteiger partial charge in [-0.25, -0.2) is 28.5 Å². The van der Waals surface area contributed by atoms with Crippen molar-refractivity contribution in [1.29, 1.82) is 0 Å². The first-order valence-electron chi connectivity index (χ1n) is 14.3. The highest BCUT2D eigenvalue weighted by atomic mass is 35.5. The molecule has 1 saturated carbocycles. The summed E-state index contributed by atoms with van der Waals surface area (Å²) in [6.07, 6.45) is -2.54. The van der Waals surface area contributed by atoms with Crippen molar-refractivity contribution in [3.63, 3.8) is 0 Å². The number of nitrogens with one attached hydrogen (secondary N) is 1. The summed E-state index contributed by atoms with van der Waals surface area (Å²) in [5.74, 6) is -4.03. The average Bonchev–Trinajstić information content (AvgIpc) is 3.38. The number of pyridine rings is 1. The van der Waals surface area contributed by atoms with Gasteiger partial charge in [0.05, 0.1) is 34.5 Å². The summed E-state index contributed by atoms with van der Waals surface area (Å²) >= 11 is 12.4. The first-order valence-corrected chi connectivity index (χ1v) is 15.0. The highest BCUT2D eigenvalue weighted by molar-refractivity contribution is 6.33. The van der Waals surface area contributed by atoms with Crippen LogP contribution in [0.4, 0.5) is 19.0 Å². The van der Waals surface area contributed by atoms with Gasteiger partial charge in [0.2, 0.25) is 0 Å². The quantitative estimate of drug-likeness (QED) is 0.240. The largest absolute Gasteiger partial charge is 0.508 e. The molecule has 2 aromatic heterocycles. The van der Waals surface area contributed by atoms with Gasteiger partial charge in [0.15, 0.2) is 5.82 Å². The van der Waals surface area contributed by atoms with Gasteiger partial charge >= 0.3 is 17.6 Å². The number of phenols is 1. The molecule has 0 radical (unpaired) electrons. The number of carbonyl (C=O) groups excluding carboxylic acids is 2. The third-order valence-electron chi connectivity index (χ3n) is 9.24. The Balaban J connectivity index is 1.46. The predicted octanol–water partition coefficient (Wildman–Crippen LogP) is 4.39. The zero-order valence-electron chi connectivity index (χ0n) is 24.2. The molecule has 3 aliphatic rings. The van der Waals surface area contributed by atoms with E-state index in [1.54, 1.807) is 42.5 Å². The van der Waals surface area contributed by atoms with Crippen LogP contribution in [0.25, 0.3) is 0 Å².